The van der Waals surface area contributed by atoms with Crippen LogP contribution in [0, 0.1) is 0 Å². The van der Waals surface area contributed by atoms with Crippen molar-refractivity contribution in [2.75, 3.05) is 25.6 Å². The molecule has 2 N–H and O–H groups in total. The number of carbonyl (C=O) groups is 1. The number of methoxy groups -OCH3 is 1. The maximum Gasteiger partial charge on any atom is 0.272 e. The SMILES string of the molecule is COCc1cccc(CNc2cccc(C(=O)N3CCC[C@H]3CO)n2)c1. The lowest BCUT2D eigenvalue weighted by atomic mass is 10.1. The molecule has 0 unspecified atom stereocenters. The van der Waals surface area contributed by atoms with Gasteiger partial charge in [-0.05, 0) is 36.1 Å². The summed E-state index contributed by atoms with van der Waals surface area (Å²) in [6.45, 7) is 1.88. The molecule has 3 rings (SSSR count). The van der Waals surface area contributed by atoms with E-state index in [0.717, 1.165) is 24.0 Å². The number of aliphatic hydroxyl groups is 1. The van der Waals surface area contributed by atoms with E-state index in [0.29, 0.717) is 31.2 Å². The highest BCUT2D eigenvalue weighted by molar-refractivity contribution is 5.93. The molecule has 26 heavy (non-hydrogen) atoms. The molecule has 0 spiro atoms. The van der Waals surface area contributed by atoms with Gasteiger partial charge >= 0.3 is 0 Å². The second-order valence-electron chi connectivity index (χ2n) is 6.49. The van der Waals surface area contributed by atoms with Crippen LogP contribution in [-0.4, -0.2) is 47.2 Å². The van der Waals surface area contributed by atoms with Crippen LogP contribution >= 0.6 is 0 Å². The highest BCUT2D eigenvalue weighted by Gasteiger charge is 2.29. The molecular weight excluding hydrogens is 330 g/mol. The molecule has 6 heteroatoms. The molecule has 2 aromatic rings. The Bertz CT molecular complexity index is 751. The molecule has 2 heterocycles. The van der Waals surface area contributed by atoms with Crippen molar-refractivity contribution < 1.29 is 14.6 Å². The molecule has 0 radical (unpaired) electrons. The van der Waals surface area contributed by atoms with E-state index in [4.69, 9.17) is 4.74 Å². The maximum atomic E-state index is 12.7. The number of hydrogen-bond acceptors (Lipinski definition) is 5. The quantitative estimate of drug-likeness (QED) is 0.798. The molecule has 1 aliphatic heterocycles. The predicted molar refractivity (Wildman–Crippen MR) is 99.9 cm³/mol. The molecule has 1 aromatic heterocycles. The van der Waals surface area contributed by atoms with E-state index in [1.54, 1.807) is 18.1 Å². The Hall–Kier alpha value is -2.44. The maximum absolute atomic E-state index is 12.7. The molecule has 0 bridgehead atoms. The third kappa shape index (κ3) is 4.39. The van der Waals surface area contributed by atoms with Gasteiger partial charge in [0.05, 0.1) is 19.3 Å². The Labute approximate surface area is 153 Å². The van der Waals surface area contributed by atoms with Gasteiger partial charge in [0.25, 0.3) is 5.91 Å². The first-order chi connectivity index (χ1) is 12.7. The fraction of sp³-hybridized carbons (Fsp3) is 0.400. The summed E-state index contributed by atoms with van der Waals surface area (Å²) in [4.78, 5) is 18.8. The van der Waals surface area contributed by atoms with Crippen molar-refractivity contribution in [3.8, 4) is 0 Å². The van der Waals surface area contributed by atoms with E-state index in [1.807, 2.05) is 30.3 Å². The van der Waals surface area contributed by atoms with E-state index < -0.39 is 0 Å². The summed E-state index contributed by atoms with van der Waals surface area (Å²) in [7, 11) is 1.68. The number of aliphatic hydroxyl groups excluding tert-OH is 1. The number of nitrogens with one attached hydrogen (secondary N) is 1. The molecule has 138 valence electrons. The van der Waals surface area contributed by atoms with Gasteiger partial charge in [-0.15, -0.1) is 0 Å². The van der Waals surface area contributed by atoms with E-state index >= 15 is 0 Å². The second kappa shape index (κ2) is 8.78. The minimum atomic E-state index is -0.118. The van der Waals surface area contributed by atoms with E-state index in [1.165, 1.54) is 0 Å². The zero-order valence-electron chi connectivity index (χ0n) is 15.0. The van der Waals surface area contributed by atoms with E-state index in [2.05, 4.69) is 16.4 Å². The number of carbonyl (C=O) groups excluding carboxylic acids is 1. The van der Waals surface area contributed by atoms with Gasteiger partial charge in [0.2, 0.25) is 0 Å². The van der Waals surface area contributed by atoms with Gasteiger partial charge in [-0.3, -0.25) is 4.79 Å². The number of likely N-dealkylation sites (tertiary alicyclic amines) is 1. The minimum Gasteiger partial charge on any atom is -0.394 e. The number of benzene rings is 1. The predicted octanol–water partition coefficient (Wildman–Crippen LogP) is 2.44. The third-order valence-electron chi connectivity index (χ3n) is 4.59. The fourth-order valence-electron chi connectivity index (χ4n) is 3.28. The highest BCUT2D eigenvalue weighted by Crippen LogP contribution is 2.20. The number of amides is 1. The van der Waals surface area contributed by atoms with Crippen LogP contribution < -0.4 is 5.32 Å². The first-order valence-electron chi connectivity index (χ1n) is 8.91. The summed E-state index contributed by atoms with van der Waals surface area (Å²) >= 11 is 0. The number of hydrogen-bond donors (Lipinski definition) is 2. The smallest absolute Gasteiger partial charge is 0.272 e. The summed E-state index contributed by atoms with van der Waals surface area (Å²) in [5.74, 6) is 0.542. The van der Waals surface area contributed by atoms with Crippen LogP contribution in [0.4, 0.5) is 5.82 Å². The van der Waals surface area contributed by atoms with Gasteiger partial charge in [-0.2, -0.15) is 0 Å². The van der Waals surface area contributed by atoms with Crippen molar-refractivity contribution in [3.63, 3.8) is 0 Å². The second-order valence-corrected chi connectivity index (χ2v) is 6.49. The fourth-order valence-corrected chi connectivity index (χ4v) is 3.28. The first-order valence-corrected chi connectivity index (χ1v) is 8.91. The summed E-state index contributed by atoms with van der Waals surface area (Å²) < 4.78 is 5.16. The molecule has 1 saturated heterocycles. The lowest BCUT2D eigenvalue weighted by Crippen LogP contribution is -2.38. The van der Waals surface area contributed by atoms with Crippen LogP contribution in [0.15, 0.2) is 42.5 Å². The summed E-state index contributed by atoms with van der Waals surface area (Å²) in [6.07, 6.45) is 1.77. The molecule has 1 aromatic carbocycles. The molecule has 1 fully saturated rings. The Kier molecular flexibility index (Phi) is 6.20. The van der Waals surface area contributed by atoms with Crippen LogP contribution in [-0.2, 0) is 17.9 Å². The van der Waals surface area contributed by atoms with Crippen molar-refractivity contribution >= 4 is 11.7 Å². The van der Waals surface area contributed by atoms with Crippen LogP contribution in [0.3, 0.4) is 0 Å². The number of anilines is 1. The lowest BCUT2D eigenvalue weighted by Gasteiger charge is -2.22. The number of ether oxygens (including phenoxy) is 1. The van der Waals surface area contributed by atoms with Gasteiger partial charge in [-0.1, -0.05) is 30.3 Å². The van der Waals surface area contributed by atoms with Crippen LogP contribution in [0.5, 0.6) is 0 Å². The minimum absolute atomic E-state index is 0.00148. The molecule has 1 amide bonds. The average molecular weight is 355 g/mol. The molecule has 6 nitrogen and oxygen atoms in total. The third-order valence-corrected chi connectivity index (χ3v) is 4.59. The van der Waals surface area contributed by atoms with Crippen molar-refractivity contribution in [3.05, 3.63) is 59.3 Å². The van der Waals surface area contributed by atoms with Gasteiger partial charge in [0.1, 0.15) is 11.5 Å². The van der Waals surface area contributed by atoms with Crippen molar-refractivity contribution in [2.24, 2.45) is 0 Å². The summed E-state index contributed by atoms with van der Waals surface area (Å²) in [6, 6.07) is 13.5. The number of pyridine rings is 1. The Morgan fingerprint density at radius 1 is 1.31 bits per heavy atom. The van der Waals surface area contributed by atoms with Gasteiger partial charge in [0, 0.05) is 20.2 Å². The number of aromatic nitrogens is 1. The van der Waals surface area contributed by atoms with Gasteiger partial charge < -0.3 is 20.1 Å². The normalized spacial score (nSPS) is 16.7. The molecule has 1 aliphatic rings. The standard InChI is InChI=1S/C20H25N3O3/c1-26-14-16-6-2-5-15(11-16)12-21-19-9-3-8-18(22-19)20(25)23-10-4-7-17(23)13-24/h2-3,5-6,8-9,11,17,24H,4,7,10,12-14H2,1H3,(H,21,22)/t17-/m0/s1. The Morgan fingerprint density at radius 2 is 2.12 bits per heavy atom. The first kappa shape index (κ1) is 18.4. The van der Waals surface area contributed by atoms with Gasteiger partial charge in [0.15, 0.2) is 0 Å². The van der Waals surface area contributed by atoms with E-state index in [-0.39, 0.29) is 18.6 Å². The zero-order chi connectivity index (χ0) is 18.4. The Balaban J connectivity index is 1.66. The van der Waals surface area contributed by atoms with Crippen LogP contribution in [0.25, 0.3) is 0 Å². The topological polar surface area (TPSA) is 74.7 Å². The molecule has 0 aliphatic carbocycles. The van der Waals surface area contributed by atoms with Crippen molar-refractivity contribution in [1.29, 1.82) is 0 Å². The molecular formula is C20H25N3O3. The Morgan fingerprint density at radius 3 is 2.92 bits per heavy atom. The summed E-state index contributed by atoms with van der Waals surface area (Å²) in [5, 5.41) is 12.7. The summed E-state index contributed by atoms with van der Waals surface area (Å²) in [5.41, 5.74) is 2.65. The average Bonchev–Trinajstić information content (AvgIpc) is 3.15. The highest BCUT2D eigenvalue weighted by atomic mass is 16.5. The van der Waals surface area contributed by atoms with Gasteiger partial charge in [-0.25, -0.2) is 4.98 Å². The zero-order valence-corrected chi connectivity index (χ0v) is 15.0. The monoisotopic (exact) mass is 355 g/mol. The van der Waals surface area contributed by atoms with Crippen LogP contribution in [0.1, 0.15) is 34.5 Å². The number of nitrogens with zero attached hydrogens (tertiary/aromatic N) is 2. The molecule has 0 saturated carbocycles. The molecule has 1 atom stereocenters. The van der Waals surface area contributed by atoms with E-state index in [9.17, 15) is 9.90 Å². The largest absolute Gasteiger partial charge is 0.394 e. The van der Waals surface area contributed by atoms with Crippen molar-refractivity contribution in [2.45, 2.75) is 32.0 Å². The van der Waals surface area contributed by atoms with Crippen molar-refractivity contribution in [1.82, 2.24) is 9.88 Å². The number of rotatable bonds is 7. The van der Waals surface area contributed by atoms with Crippen LogP contribution in [0.2, 0.25) is 0 Å². The lowest BCUT2D eigenvalue weighted by molar-refractivity contribution is 0.0672.